The monoisotopic (exact) mass is 485 g/mol. The molecule has 2 aliphatic heterocycles. The highest BCUT2D eigenvalue weighted by Gasteiger charge is 2.36. The number of nitrogens with one attached hydrogen (secondary N) is 1. The number of aromatic nitrogens is 1. The molecule has 0 radical (unpaired) electrons. The molecule has 3 atom stereocenters. The van der Waals surface area contributed by atoms with Crippen LogP contribution >= 0.6 is 23.6 Å². The molecule has 1 aliphatic carbocycles. The number of esters is 1. The number of carbonyl (C=O) groups excluding carboxylic acids is 1. The van der Waals surface area contributed by atoms with Crippen LogP contribution in [0.4, 0.5) is 5.00 Å². The number of thiocarbonyl (C=S) groups is 1. The Morgan fingerprint density at radius 2 is 2.12 bits per heavy atom. The van der Waals surface area contributed by atoms with Crippen LogP contribution in [-0.4, -0.2) is 40.2 Å². The van der Waals surface area contributed by atoms with Gasteiger partial charge in [-0.05, 0) is 68.3 Å². The van der Waals surface area contributed by atoms with Gasteiger partial charge in [0, 0.05) is 42.2 Å². The number of rotatable bonds is 4. The van der Waals surface area contributed by atoms with Crippen molar-refractivity contribution in [2.75, 3.05) is 25.0 Å². The standard InChI is InChI=1S/C25H31N3O3S2/c1-3-15-8-9-18-20(11-15)33-23(22(18)24(30)31-4-2)26-25(32)27-12-16-10-17(14-27)19-6-5-7-21(29)28(19)13-16/h5-7,15-17H,3-4,8-14H2,1-2H3,(H,26,32)/t15?,16-,17+/m1/s1. The molecule has 1 unspecified atom stereocenters. The van der Waals surface area contributed by atoms with Crippen LogP contribution in [0, 0.1) is 11.8 Å². The van der Waals surface area contributed by atoms with E-state index in [9.17, 15) is 9.59 Å². The van der Waals surface area contributed by atoms with E-state index in [-0.39, 0.29) is 17.4 Å². The van der Waals surface area contributed by atoms with Gasteiger partial charge in [-0.15, -0.1) is 11.3 Å². The van der Waals surface area contributed by atoms with Crippen LogP contribution in [0.3, 0.4) is 0 Å². The van der Waals surface area contributed by atoms with Gasteiger partial charge in [0.25, 0.3) is 5.56 Å². The third kappa shape index (κ3) is 4.23. The van der Waals surface area contributed by atoms with Crippen LogP contribution in [0.25, 0.3) is 0 Å². The van der Waals surface area contributed by atoms with Crippen LogP contribution < -0.4 is 10.9 Å². The highest BCUT2D eigenvalue weighted by Crippen LogP contribution is 2.41. The normalized spacial score (nSPS) is 23.5. The molecule has 2 aromatic rings. The van der Waals surface area contributed by atoms with Crippen molar-refractivity contribution in [2.45, 2.75) is 58.4 Å². The number of piperidine rings is 1. The smallest absolute Gasteiger partial charge is 0.341 e. The molecule has 5 rings (SSSR count). The topological polar surface area (TPSA) is 63.6 Å². The lowest BCUT2D eigenvalue weighted by Crippen LogP contribution is -2.50. The summed E-state index contributed by atoms with van der Waals surface area (Å²) in [7, 11) is 0. The molecule has 0 aromatic carbocycles. The van der Waals surface area contributed by atoms with Gasteiger partial charge in [-0.1, -0.05) is 19.4 Å². The van der Waals surface area contributed by atoms with Crippen molar-refractivity contribution in [2.24, 2.45) is 11.8 Å². The summed E-state index contributed by atoms with van der Waals surface area (Å²) >= 11 is 7.52. The fourth-order valence-electron chi connectivity index (χ4n) is 5.75. The van der Waals surface area contributed by atoms with Gasteiger partial charge in [0.1, 0.15) is 5.00 Å². The van der Waals surface area contributed by atoms with E-state index in [1.54, 1.807) is 17.4 Å². The number of likely N-dealkylation sites (tertiary alicyclic amines) is 1. The largest absolute Gasteiger partial charge is 0.462 e. The van der Waals surface area contributed by atoms with Crippen molar-refractivity contribution in [1.82, 2.24) is 9.47 Å². The SMILES string of the molecule is CCOC(=O)c1c(NC(=S)N2C[C@H]3C[C@@H](C2)c2cccc(=O)n2C3)sc2c1CCC(CC)C2. The zero-order valence-corrected chi connectivity index (χ0v) is 20.9. The maximum atomic E-state index is 12.9. The summed E-state index contributed by atoms with van der Waals surface area (Å²) in [6, 6.07) is 5.57. The summed E-state index contributed by atoms with van der Waals surface area (Å²) < 4.78 is 7.36. The molecule has 8 heteroatoms. The van der Waals surface area contributed by atoms with Crippen LogP contribution in [0.5, 0.6) is 0 Å². The number of hydrogen-bond donors (Lipinski definition) is 1. The summed E-state index contributed by atoms with van der Waals surface area (Å²) in [6.07, 6.45) is 5.31. The van der Waals surface area contributed by atoms with Gasteiger partial charge in [-0.25, -0.2) is 4.79 Å². The molecule has 1 saturated heterocycles. The molecule has 2 bridgehead atoms. The van der Waals surface area contributed by atoms with Crippen LogP contribution in [0.2, 0.25) is 0 Å². The Kier molecular flexibility index (Phi) is 6.31. The van der Waals surface area contributed by atoms with E-state index in [0.717, 1.165) is 68.0 Å². The molecule has 176 valence electrons. The second-order valence-corrected chi connectivity index (χ2v) is 11.0. The third-order valence-corrected chi connectivity index (χ3v) is 8.94. The van der Waals surface area contributed by atoms with E-state index in [2.05, 4.69) is 23.2 Å². The van der Waals surface area contributed by atoms with Crippen LogP contribution in [0.1, 0.15) is 65.5 Å². The minimum Gasteiger partial charge on any atom is -0.462 e. The predicted molar refractivity (Wildman–Crippen MR) is 135 cm³/mol. The first-order chi connectivity index (χ1) is 16.0. The highest BCUT2D eigenvalue weighted by molar-refractivity contribution is 7.80. The molecule has 0 spiro atoms. The average molecular weight is 486 g/mol. The highest BCUT2D eigenvalue weighted by atomic mass is 32.1. The molecule has 33 heavy (non-hydrogen) atoms. The van der Waals surface area contributed by atoms with Gasteiger partial charge < -0.3 is 19.5 Å². The third-order valence-electron chi connectivity index (χ3n) is 7.41. The zero-order chi connectivity index (χ0) is 23.1. The van der Waals surface area contributed by atoms with Crippen molar-refractivity contribution in [3.63, 3.8) is 0 Å². The van der Waals surface area contributed by atoms with Gasteiger partial charge in [-0.2, -0.15) is 0 Å². The molecule has 2 aromatic heterocycles. The van der Waals surface area contributed by atoms with Crippen molar-refractivity contribution >= 4 is 39.6 Å². The first kappa shape index (κ1) is 22.6. The van der Waals surface area contributed by atoms with Gasteiger partial charge in [-0.3, -0.25) is 4.79 Å². The minimum atomic E-state index is -0.251. The molecular weight excluding hydrogens is 454 g/mol. The van der Waals surface area contributed by atoms with E-state index in [0.29, 0.717) is 29.1 Å². The first-order valence-corrected chi connectivity index (χ1v) is 13.3. The lowest BCUT2D eigenvalue weighted by atomic mass is 9.83. The van der Waals surface area contributed by atoms with Gasteiger partial charge in [0.15, 0.2) is 5.11 Å². The van der Waals surface area contributed by atoms with Crippen LogP contribution in [-0.2, 0) is 24.1 Å². The summed E-state index contributed by atoms with van der Waals surface area (Å²) in [4.78, 5) is 28.7. The Morgan fingerprint density at radius 3 is 2.91 bits per heavy atom. The number of hydrogen-bond acceptors (Lipinski definition) is 5. The van der Waals surface area contributed by atoms with Gasteiger partial charge in [0.05, 0.1) is 12.2 Å². The molecule has 0 saturated carbocycles. The summed E-state index contributed by atoms with van der Waals surface area (Å²) in [5.41, 5.74) is 3.03. The Labute approximate surface area is 203 Å². The minimum absolute atomic E-state index is 0.0879. The molecule has 6 nitrogen and oxygen atoms in total. The van der Waals surface area contributed by atoms with Gasteiger partial charge >= 0.3 is 5.97 Å². The van der Waals surface area contributed by atoms with E-state index in [1.807, 2.05) is 17.6 Å². The van der Waals surface area contributed by atoms with Crippen molar-refractivity contribution in [3.8, 4) is 0 Å². The average Bonchev–Trinajstić information content (AvgIpc) is 3.16. The second-order valence-electron chi connectivity index (χ2n) is 9.48. The fourth-order valence-corrected chi connectivity index (χ4v) is 7.41. The number of fused-ring (bicyclic) bond motifs is 5. The number of thiophene rings is 1. The fraction of sp³-hybridized carbons (Fsp3) is 0.560. The molecule has 3 aliphatic rings. The van der Waals surface area contributed by atoms with E-state index < -0.39 is 0 Å². The lowest BCUT2D eigenvalue weighted by Gasteiger charge is -2.43. The Morgan fingerprint density at radius 1 is 1.27 bits per heavy atom. The molecular formula is C25H31N3O3S2. The Balaban J connectivity index is 1.38. The predicted octanol–water partition coefficient (Wildman–Crippen LogP) is 4.42. The molecule has 1 N–H and O–H groups in total. The molecule has 1 fully saturated rings. The van der Waals surface area contributed by atoms with Crippen molar-refractivity contribution < 1.29 is 9.53 Å². The van der Waals surface area contributed by atoms with E-state index in [4.69, 9.17) is 17.0 Å². The zero-order valence-electron chi connectivity index (χ0n) is 19.3. The first-order valence-electron chi connectivity index (χ1n) is 12.1. The number of pyridine rings is 1. The summed E-state index contributed by atoms with van der Waals surface area (Å²) in [6.45, 7) is 6.79. The van der Waals surface area contributed by atoms with Crippen molar-refractivity contribution in [3.05, 3.63) is 50.3 Å². The van der Waals surface area contributed by atoms with Gasteiger partial charge in [0.2, 0.25) is 0 Å². The maximum Gasteiger partial charge on any atom is 0.341 e. The van der Waals surface area contributed by atoms with E-state index >= 15 is 0 Å². The number of ether oxygens (including phenoxy) is 1. The Bertz CT molecular complexity index is 1140. The number of carbonyl (C=O) groups is 1. The number of anilines is 1. The summed E-state index contributed by atoms with van der Waals surface area (Å²) in [5.74, 6) is 1.11. The number of nitrogens with zero attached hydrogens (tertiary/aromatic N) is 2. The summed E-state index contributed by atoms with van der Waals surface area (Å²) in [5, 5.41) is 4.93. The molecule has 0 amide bonds. The molecule has 4 heterocycles. The maximum absolute atomic E-state index is 12.9. The Hall–Kier alpha value is -2.19. The van der Waals surface area contributed by atoms with Crippen LogP contribution in [0.15, 0.2) is 23.0 Å². The second kappa shape index (κ2) is 9.22. The lowest BCUT2D eigenvalue weighted by molar-refractivity contribution is 0.0526. The van der Waals surface area contributed by atoms with Crippen molar-refractivity contribution in [1.29, 1.82) is 0 Å². The van der Waals surface area contributed by atoms with E-state index in [1.165, 1.54) is 4.88 Å². The quantitative estimate of drug-likeness (QED) is 0.511.